The molecule has 184 valence electrons. The number of hydrogen-bond acceptors (Lipinski definition) is 6. The molecule has 0 aliphatic carbocycles. The predicted molar refractivity (Wildman–Crippen MR) is 140 cm³/mol. The number of rotatable bonds is 6. The van der Waals surface area contributed by atoms with Gasteiger partial charge in [0.2, 0.25) is 5.91 Å². The second-order valence-electron chi connectivity index (χ2n) is 8.75. The first kappa shape index (κ1) is 23.7. The quantitative estimate of drug-likeness (QED) is 0.408. The number of thiophene rings is 1. The number of ether oxygens (including phenoxy) is 1. The van der Waals surface area contributed by atoms with E-state index in [1.807, 2.05) is 30.3 Å². The Kier molecular flexibility index (Phi) is 6.81. The molecular formula is C27H26N4O4S. The van der Waals surface area contributed by atoms with Crippen LogP contribution in [-0.2, 0) is 11.3 Å². The van der Waals surface area contributed by atoms with Crippen molar-refractivity contribution in [3.05, 3.63) is 81.7 Å². The van der Waals surface area contributed by atoms with Crippen LogP contribution in [0.2, 0.25) is 0 Å². The summed E-state index contributed by atoms with van der Waals surface area (Å²) in [6, 6.07) is 16.5. The monoisotopic (exact) mass is 502 g/mol. The number of aryl methyl sites for hydroxylation is 1. The minimum atomic E-state index is -0.317. The Balaban J connectivity index is 1.31. The molecule has 2 aromatic carbocycles. The normalized spacial score (nSPS) is 13.5. The molecule has 9 heteroatoms. The average molecular weight is 503 g/mol. The van der Waals surface area contributed by atoms with Gasteiger partial charge in [0.25, 0.3) is 11.5 Å². The van der Waals surface area contributed by atoms with Gasteiger partial charge in [0, 0.05) is 18.8 Å². The van der Waals surface area contributed by atoms with E-state index in [1.165, 1.54) is 22.2 Å². The van der Waals surface area contributed by atoms with Crippen molar-refractivity contribution < 1.29 is 14.3 Å². The molecule has 3 heterocycles. The van der Waals surface area contributed by atoms with Gasteiger partial charge >= 0.3 is 0 Å². The summed E-state index contributed by atoms with van der Waals surface area (Å²) in [5.74, 6) is 0.984. The number of carbonyl (C=O) groups is 2. The molecule has 8 nitrogen and oxygen atoms in total. The van der Waals surface area contributed by atoms with Crippen LogP contribution in [0.15, 0.2) is 65.7 Å². The van der Waals surface area contributed by atoms with Crippen molar-refractivity contribution in [1.29, 1.82) is 0 Å². The molecule has 0 atom stereocenters. The number of fused-ring (bicyclic) bond motifs is 1. The molecule has 1 fully saturated rings. The van der Waals surface area contributed by atoms with Gasteiger partial charge in [-0.05, 0) is 68.1 Å². The van der Waals surface area contributed by atoms with Gasteiger partial charge in [-0.2, -0.15) is 0 Å². The summed E-state index contributed by atoms with van der Waals surface area (Å²) in [5, 5.41) is 3.26. The molecular weight excluding hydrogens is 476 g/mol. The summed E-state index contributed by atoms with van der Waals surface area (Å²) < 4.78 is 7.13. The SMILES string of the molecule is Cc1c(C(=O)Nc2ccc(Oc3ccccc3)cc2)sc2ncn(CC(=O)N3CCCCC3)c(=O)c12. The van der Waals surface area contributed by atoms with Gasteiger partial charge in [-0.1, -0.05) is 18.2 Å². The number of para-hydroxylation sites is 1. The van der Waals surface area contributed by atoms with Crippen molar-refractivity contribution in [1.82, 2.24) is 14.5 Å². The fraction of sp³-hybridized carbons (Fsp3) is 0.259. The van der Waals surface area contributed by atoms with Crippen LogP contribution in [0.5, 0.6) is 11.5 Å². The Labute approximate surface area is 212 Å². The Morgan fingerprint density at radius 1 is 1.00 bits per heavy atom. The molecule has 0 spiro atoms. The van der Waals surface area contributed by atoms with Crippen LogP contribution in [0.25, 0.3) is 10.2 Å². The van der Waals surface area contributed by atoms with Crippen molar-refractivity contribution in [3.63, 3.8) is 0 Å². The smallest absolute Gasteiger partial charge is 0.266 e. The molecule has 2 aromatic heterocycles. The molecule has 1 saturated heterocycles. The third kappa shape index (κ3) is 5.01. The number of nitrogens with one attached hydrogen (secondary N) is 1. The minimum Gasteiger partial charge on any atom is -0.457 e. The molecule has 4 aromatic rings. The van der Waals surface area contributed by atoms with Crippen LogP contribution in [0.3, 0.4) is 0 Å². The maximum atomic E-state index is 13.2. The number of amides is 2. The Hall–Kier alpha value is -3.98. The zero-order chi connectivity index (χ0) is 25.1. The van der Waals surface area contributed by atoms with Crippen molar-refractivity contribution in [3.8, 4) is 11.5 Å². The summed E-state index contributed by atoms with van der Waals surface area (Å²) in [6.07, 6.45) is 4.50. The van der Waals surface area contributed by atoms with Crippen LogP contribution < -0.4 is 15.6 Å². The summed E-state index contributed by atoms with van der Waals surface area (Å²) in [5.41, 5.74) is 0.865. The van der Waals surface area contributed by atoms with Gasteiger partial charge in [-0.25, -0.2) is 4.98 Å². The van der Waals surface area contributed by atoms with Crippen LogP contribution in [0.1, 0.15) is 34.5 Å². The number of anilines is 1. The number of likely N-dealkylation sites (tertiary alicyclic amines) is 1. The van der Waals surface area contributed by atoms with E-state index in [1.54, 1.807) is 36.1 Å². The Morgan fingerprint density at radius 2 is 1.69 bits per heavy atom. The van der Waals surface area contributed by atoms with E-state index in [2.05, 4.69) is 10.3 Å². The van der Waals surface area contributed by atoms with E-state index in [0.29, 0.717) is 32.1 Å². The lowest BCUT2D eigenvalue weighted by molar-refractivity contribution is -0.132. The standard InChI is InChI=1S/C27H26N4O4S/c1-18-23-26(28-17-31(27(23)34)16-22(32)30-14-6-3-7-15-30)36-24(18)25(33)29-19-10-12-21(13-11-19)35-20-8-4-2-5-9-20/h2,4-5,8-13,17H,3,6-7,14-16H2,1H3,(H,29,33). The summed E-state index contributed by atoms with van der Waals surface area (Å²) >= 11 is 1.17. The second-order valence-corrected chi connectivity index (χ2v) is 9.75. The first-order chi connectivity index (χ1) is 17.5. The first-order valence-corrected chi connectivity index (χ1v) is 12.7. The first-order valence-electron chi connectivity index (χ1n) is 11.9. The largest absolute Gasteiger partial charge is 0.457 e. The van der Waals surface area contributed by atoms with E-state index < -0.39 is 0 Å². The summed E-state index contributed by atoms with van der Waals surface area (Å²) in [6.45, 7) is 3.15. The highest BCUT2D eigenvalue weighted by atomic mass is 32.1. The maximum Gasteiger partial charge on any atom is 0.266 e. The topological polar surface area (TPSA) is 93.5 Å². The number of nitrogens with zero attached hydrogens (tertiary/aromatic N) is 3. The van der Waals surface area contributed by atoms with Crippen molar-refractivity contribution >= 4 is 39.1 Å². The van der Waals surface area contributed by atoms with Crippen LogP contribution in [0.4, 0.5) is 5.69 Å². The predicted octanol–water partition coefficient (Wildman–Crippen LogP) is 4.82. The molecule has 5 rings (SSSR count). The number of carbonyl (C=O) groups excluding carboxylic acids is 2. The van der Waals surface area contributed by atoms with Gasteiger partial charge in [-0.15, -0.1) is 11.3 Å². The van der Waals surface area contributed by atoms with Gasteiger partial charge < -0.3 is 15.0 Å². The maximum absolute atomic E-state index is 13.2. The van der Waals surface area contributed by atoms with Gasteiger partial charge in [0.1, 0.15) is 22.9 Å². The highest BCUT2D eigenvalue weighted by molar-refractivity contribution is 7.20. The number of hydrogen-bond donors (Lipinski definition) is 1. The molecule has 0 unspecified atom stereocenters. The van der Waals surface area contributed by atoms with Gasteiger partial charge in [-0.3, -0.25) is 19.0 Å². The average Bonchev–Trinajstić information content (AvgIpc) is 3.25. The number of piperidine rings is 1. The van der Waals surface area contributed by atoms with Crippen LogP contribution >= 0.6 is 11.3 Å². The molecule has 0 bridgehead atoms. The molecule has 36 heavy (non-hydrogen) atoms. The third-order valence-corrected chi connectivity index (χ3v) is 7.43. The van der Waals surface area contributed by atoms with Crippen molar-refractivity contribution in [2.45, 2.75) is 32.7 Å². The fourth-order valence-corrected chi connectivity index (χ4v) is 5.33. The molecule has 0 saturated carbocycles. The van der Waals surface area contributed by atoms with E-state index >= 15 is 0 Å². The molecule has 0 radical (unpaired) electrons. The van der Waals surface area contributed by atoms with Crippen LogP contribution in [-0.4, -0.2) is 39.4 Å². The van der Waals surface area contributed by atoms with Crippen molar-refractivity contribution in [2.24, 2.45) is 0 Å². The minimum absolute atomic E-state index is 0.0456. The molecule has 2 amide bonds. The zero-order valence-corrected chi connectivity index (χ0v) is 20.7. The molecule has 1 aliphatic rings. The zero-order valence-electron chi connectivity index (χ0n) is 19.9. The lowest BCUT2D eigenvalue weighted by Crippen LogP contribution is -2.39. The van der Waals surface area contributed by atoms with Gasteiger partial charge in [0.05, 0.1) is 16.6 Å². The lowest BCUT2D eigenvalue weighted by atomic mass is 10.1. The van der Waals surface area contributed by atoms with E-state index in [-0.39, 0.29) is 23.9 Å². The van der Waals surface area contributed by atoms with Crippen LogP contribution in [0, 0.1) is 6.92 Å². The number of benzene rings is 2. The Morgan fingerprint density at radius 3 is 2.42 bits per heavy atom. The summed E-state index contributed by atoms with van der Waals surface area (Å²) in [7, 11) is 0. The fourth-order valence-electron chi connectivity index (χ4n) is 4.30. The molecule has 1 N–H and O–H groups in total. The van der Waals surface area contributed by atoms with E-state index in [0.717, 1.165) is 38.1 Å². The third-order valence-electron chi connectivity index (χ3n) is 6.23. The molecule has 1 aliphatic heterocycles. The number of aromatic nitrogens is 2. The van der Waals surface area contributed by atoms with Gasteiger partial charge in [0.15, 0.2) is 0 Å². The lowest BCUT2D eigenvalue weighted by Gasteiger charge is -2.26. The Bertz CT molecular complexity index is 1460. The van der Waals surface area contributed by atoms with E-state index in [9.17, 15) is 14.4 Å². The summed E-state index contributed by atoms with van der Waals surface area (Å²) in [4.78, 5) is 45.9. The highest BCUT2D eigenvalue weighted by Gasteiger charge is 2.22. The van der Waals surface area contributed by atoms with Crippen molar-refractivity contribution in [2.75, 3.05) is 18.4 Å². The van der Waals surface area contributed by atoms with E-state index in [4.69, 9.17) is 4.74 Å². The highest BCUT2D eigenvalue weighted by Crippen LogP contribution is 2.28. The second kappa shape index (κ2) is 10.3.